The number of benzene rings is 3. The van der Waals surface area contributed by atoms with Gasteiger partial charge in [-0.05, 0) is 35.6 Å². The maximum atomic E-state index is 13.8. The van der Waals surface area contributed by atoms with E-state index in [9.17, 15) is 14.7 Å². The van der Waals surface area contributed by atoms with Crippen LogP contribution < -0.4 is 0 Å². The van der Waals surface area contributed by atoms with Gasteiger partial charge in [0.05, 0.1) is 25.2 Å². The van der Waals surface area contributed by atoms with Gasteiger partial charge in [-0.3, -0.25) is 9.59 Å². The SMILES string of the molecule is O=C1[C@@H]2Cc3c([nH]c4ccccc34)[C@@H](CCc3ccccc3)N2C(=O)CN1C[C@H](O)c1ccccc1. The molecule has 0 bridgehead atoms. The van der Waals surface area contributed by atoms with Crippen LogP contribution in [0, 0.1) is 0 Å². The summed E-state index contributed by atoms with van der Waals surface area (Å²) in [5.74, 6) is -0.160. The first-order valence-electron chi connectivity index (χ1n) is 12.6. The molecule has 3 atom stereocenters. The predicted octanol–water partition coefficient (Wildman–Crippen LogP) is 4.17. The Labute approximate surface area is 210 Å². The number of nitrogens with one attached hydrogen (secondary N) is 1. The van der Waals surface area contributed by atoms with Gasteiger partial charge in [-0.2, -0.15) is 0 Å². The van der Waals surface area contributed by atoms with Crippen molar-refractivity contribution >= 4 is 22.7 Å². The number of aryl methyl sites for hydroxylation is 1. The predicted molar refractivity (Wildman–Crippen MR) is 138 cm³/mol. The van der Waals surface area contributed by atoms with Crippen LogP contribution in [0.2, 0.25) is 0 Å². The molecule has 2 N–H and O–H groups in total. The van der Waals surface area contributed by atoms with Crippen LogP contribution in [0.15, 0.2) is 84.9 Å². The number of para-hydroxylation sites is 1. The molecule has 6 heteroatoms. The van der Waals surface area contributed by atoms with E-state index in [0.29, 0.717) is 6.42 Å². The summed E-state index contributed by atoms with van der Waals surface area (Å²) in [6.07, 6.45) is 1.17. The van der Waals surface area contributed by atoms with Crippen molar-refractivity contribution in [1.29, 1.82) is 0 Å². The smallest absolute Gasteiger partial charge is 0.246 e. The number of hydrogen-bond acceptors (Lipinski definition) is 3. The Balaban J connectivity index is 1.33. The minimum Gasteiger partial charge on any atom is -0.387 e. The second kappa shape index (κ2) is 9.28. The Bertz CT molecular complexity index is 1400. The van der Waals surface area contributed by atoms with Crippen molar-refractivity contribution in [3.63, 3.8) is 0 Å². The van der Waals surface area contributed by atoms with E-state index in [1.54, 1.807) is 0 Å². The standard InChI is InChI=1S/C30H29N3O3/c34-27(21-11-5-2-6-12-21)18-32-19-28(35)33-25(16-15-20-9-3-1-4-10-20)29-23(17-26(33)30(32)36)22-13-7-8-14-24(22)31-29/h1-14,25-27,31,34H,15-19H2/t25-,26+,27+/m1/s1. The van der Waals surface area contributed by atoms with Gasteiger partial charge in [0.1, 0.15) is 6.04 Å². The minimum absolute atomic E-state index is 0.0172. The van der Waals surface area contributed by atoms with Gasteiger partial charge in [0, 0.05) is 23.0 Å². The van der Waals surface area contributed by atoms with Crippen molar-refractivity contribution in [2.45, 2.75) is 37.5 Å². The normalized spacial score (nSPS) is 20.4. The number of β-amino-alcohol motifs (C(OH)–C–C–N with tert-alkyl or cyclic N) is 1. The number of fused-ring (bicyclic) bond motifs is 4. The van der Waals surface area contributed by atoms with Gasteiger partial charge in [-0.15, -0.1) is 0 Å². The maximum Gasteiger partial charge on any atom is 0.246 e. The molecule has 0 saturated carbocycles. The molecule has 0 unspecified atom stereocenters. The zero-order valence-electron chi connectivity index (χ0n) is 20.0. The van der Waals surface area contributed by atoms with Gasteiger partial charge in [-0.25, -0.2) is 0 Å². The van der Waals surface area contributed by atoms with Gasteiger partial charge in [0.15, 0.2) is 0 Å². The monoisotopic (exact) mass is 479 g/mol. The highest BCUT2D eigenvalue weighted by Gasteiger charge is 2.47. The van der Waals surface area contributed by atoms with Crippen LogP contribution in [0.3, 0.4) is 0 Å². The number of hydrogen-bond donors (Lipinski definition) is 2. The van der Waals surface area contributed by atoms with Gasteiger partial charge in [0.25, 0.3) is 0 Å². The molecule has 0 radical (unpaired) electrons. The molecule has 2 aliphatic heterocycles. The lowest BCUT2D eigenvalue weighted by molar-refractivity contribution is -0.161. The van der Waals surface area contributed by atoms with Gasteiger partial charge in [-0.1, -0.05) is 78.9 Å². The molecule has 3 aromatic carbocycles. The number of aliphatic hydroxyl groups excluding tert-OH is 1. The summed E-state index contributed by atoms with van der Waals surface area (Å²) in [4.78, 5) is 34.3. The molecule has 2 amide bonds. The molecule has 0 spiro atoms. The van der Waals surface area contributed by atoms with E-state index in [1.165, 1.54) is 10.5 Å². The number of H-pyrrole nitrogens is 1. The molecule has 2 aliphatic rings. The average Bonchev–Trinajstić information content (AvgIpc) is 3.29. The second-order valence-corrected chi connectivity index (χ2v) is 9.77. The zero-order chi connectivity index (χ0) is 24.6. The van der Waals surface area contributed by atoms with E-state index in [1.807, 2.05) is 71.6 Å². The lowest BCUT2D eigenvalue weighted by Gasteiger charge is -2.47. The van der Waals surface area contributed by atoms with Gasteiger partial charge in [0.2, 0.25) is 11.8 Å². The van der Waals surface area contributed by atoms with Crippen LogP contribution >= 0.6 is 0 Å². The average molecular weight is 480 g/mol. The number of rotatable bonds is 6. The molecule has 1 fully saturated rings. The first-order chi connectivity index (χ1) is 17.6. The number of nitrogens with zero attached hydrogens (tertiary/aromatic N) is 2. The summed E-state index contributed by atoms with van der Waals surface area (Å²) < 4.78 is 0. The lowest BCUT2D eigenvalue weighted by atomic mass is 9.86. The summed E-state index contributed by atoms with van der Waals surface area (Å²) in [5, 5.41) is 11.9. The van der Waals surface area contributed by atoms with E-state index in [-0.39, 0.29) is 30.9 Å². The molecule has 6 nitrogen and oxygen atoms in total. The quantitative estimate of drug-likeness (QED) is 0.436. The van der Waals surface area contributed by atoms with E-state index in [0.717, 1.165) is 40.6 Å². The minimum atomic E-state index is -0.837. The lowest BCUT2D eigenvalue weighted by Crippen LogP contribution is -2.63. The van der Waals surface area contributed by atoms with Crippen LogP contribution in [-0.2, 0) is 22.4 Å². The Morgan fingerprint density at radius 2 is 1.61 bits per heavy atom. The largest absolute Gasteiger partial charge is 0.387 e. The highest BCUT2D eigenvalue weighted by molar-refractivity contribution is 5.97. The van der Waals surface area contributed by atoms with E-state index in [4.69, 9.17) is 0 Å². The number of piperazine rings is 1. The van der Waals surface area contributed by atoms with Crippen molar-refractivity contribution < 1.29 is 14.7 Å². The number of amides is 2. The van der Waals surface area contributed by atoms with E-state index < -0.39 is 12.1 Å². The fourth-order valence-electron chi connectivity index (χ4n) is 5.84. The molecule has 4 aromatic rings. The number of carbonyl (C=O) groups is 2. The first-order valence-corrected chi connectivity index (χ1v) is 12.6. The summed E-state index contributed by atoms with van der Waals surface area (Å²) in [6.45, 7) is 0.0883. The molecular formula is C30H29N3O3. The Morgan fingerprint density at radius 1 is 0.917 bits per heavy atom. The van der Waals surface area contributed by atoms with Crippen LogP contribution in [0.5, 0.6) is 0 Å². The molecule has 3 heterocycles. The van der Waals surface area contributed by atoms with Crippen molar-refractivity contribution in [3.8, 4) is 0 Å². The number of aromatic nitrogens is 1. The molecule has 182 valence electrons. The van der Waals surface area contributed by atoms with E-state index in [2.05, 4.69) is 23.2 Å². The van der Waals surface area contributed by atoms with Crippen LogP contribution in [0.4, 0.5) is 0 Å². The fourth-order valence-corrected chi connectivity index (χ4v) is 5.84. The third-order valence-electron chi connectivity index (χ3n) is 7.59. The van der Waals surface area contributed by atoms with E-state index >= 15 is 0 Å². The molecule has 0 aliphatic carbocycles. The highest BCUT2D eigenvalue weighted by Crippen LogP contribution is 2.41. The molecule has 1 aromatic heterocycles. The summed E-state index contributed by atoms with van der Waals surface area (Å²) in [6, 6.07) is 26.9. The third-order valence-corrected chi connectivity index (χ3v) is 7.59. The van der Waals surface area contributed by atoms with Crippen molar-refractivity contribution in [2.75, 3.05) is 13.1 Å². The number of aromatic amines is 1. The summed E-state index contributed by atoms with van der Waals surface area (Å²) >= 11 is 0. The van der Waals surface area contributed by atoms with Crippen LogP contribution in [0.25, 0.3) is 10.9 Å². The van der Waals surface area contributed by atoms with Gasteiger partial charge < -0.3 is 19.9 Å². The maximum absolute atomic E-state index is 13.8. The van der Waals surface area contributed by atoms with Crippen molar-refractivity contribution in [3.05, 3.63) is 107 Å². The molecule has 6 rings (SSSR count). The molecule has 36 heavy (non-hydrogen) atoms. The molecular weight excluding hydrogens is 450 g/mol. The summed E-state index contributed by atoms with van der Waals surface area (Å²) in [5.41, 5.74) is 5.14. The van der Waals surface area contributed by atoms with Crippen molar-refractivity contribution in [1.82, 2.24) is 14.8 Å². The molecule has 1 saturated heterocycles. The highest BCUT2D eigenvalue weighted by atomic mass is 16.3. The second-order valence-electron chi connectivity index (χ2n) is 9.77. The Morgan fingerprint density at radius 3 is 2.39 bits per heavy atom. The first kappa shape index (κ1) is 22.6. The van der Waals surface area contributed by atoms with Crippen LogP contribution in [0.1, 0.15) is 41.0 Å². The summed E-state index contributed by atoms with van der Waals surface area (Å²) in [7, 11) is 0. The Hall–Kier alpha value is -3.90. The van der Waals surface area contributed by atoms with Crippen molar-refractivity contribution in [2.24, 2.45) is 0 Å². The zero-order valence-corrected chi connectivity index (χ0v) is 20.0. The van der Waals surface area contributed by atoms with Crippen LogP contribution in [-0.4, -0.2) is 50.8 Å². The number of aliphatic hydroxyl groups is 1. The van der Waals surface area contributed by atoms with Gasteiger partial charge >= 0.3 is 0 Å². The number of carbonyl (C=O) groups excluding carboxylic acids is 2. The fraction of sp³-hybridized carbons (Fsp3) is 0.267. The third kappa shape index (κ3) is 3.97. The Kier molecular flexibility index (Phi) is 5.82. The topological polar surface area (TPSA) is 76.6 Å².